The van der Waals surface area contributed by atoms with E-state index >= 15 is 0 Å². The van der Waals surface area contributed by atoms with E-state index in [-0.39, 0.29) is 6.04 Å². The summed E-state index contributed by atoms with van der Waals surface area (Å²) in [6.45, 7) is 1.94. The Hall–Kier alpha value is -0.550. The van der Waals surface area contributed by atoms with Gasteiger partial charge in [-0.3, -0.25) is 0 Å². The first kappa shape index (κ1) is 14.9. The van der Waals surface area contributed by atoms with Crippen LogP contribution in [-0.4, -0.2) is 0 Å². The summed E-state index contributed by atoms with van der Waals surface area (Å²) in [4.78, 5) is 0. The van der Waals surface area contributed by atoms with Crippen LogP contribution >= 0.6 is 43.5 Å². The molecule has 2 rings (SSSR count). The lowest BCUT2D eigenvalue weighted by Crippen LogP contribution is -2.05. The molecule has 2 aromatic carbocycles. The van der Waals surface area contributed by atoms with Crippen LogP contribution in [0.1, 0.15) is 18.5 Å². The van der Waals surface area contributed by atoms with Gasteiger partial charge in [0.05, 0.1) is 5.02 Å². The van der Waals surface area contributed by atoms with Crippen molar-refractivity contribution in [3.63, 3.8) is 0 Å². The number of nitrogens with two attached hydrogens (primary N) is 1. The summed E-state index contributed by atoms with van der Waals surface area (Å²) >= 11 is 13.0. The van der Waals surface area contributed by atoms with Gasteiger partial charge in [0.15, 0.2) is 0 Å². The van der Waals surface area contributed by atoms with Gasteiger partial charge < -0.3 is 10.5 Å². The standard InChI is InChI=1S/C14H12Br2ClNO/c1-8(18)11-4-3-10(7-12(11)16)19-14-6-9(15)2-5-13(14)17/h2-8H,18H2,1H3. The molecule has 2 aromatic rings. The van der Waals surface area contributed by atoms with Crippen molar-refractivity contribution in [3.8, 4) is 11.5 Å². The van der Waals surface area contributed by atoms with Crippen LogP contribution in [-0.2, 0) is 0 Å². The summed E-state index contributed by atoms with van der Waals surface area (Å²) in [6.07, 6.45) is 0. The van der Waals surface area contributed by atoms with Gasteiger partial charge in [-0.25, -0.2) is 0 Å². The van der Waals surface area contributed by atoms with Crippen LogP contribution in [0.2, 0.25) is 5.02 Å². The molecule has 0 aliphatic carbocycles. The van der Waals surface area contributed by atoms with Crippen LogP contribution in [0.25, 0.3) is 0 Å². The molecule has 0 amide bonds. The molecule has 0 aliphatic heterocycles. The average molecular weight is 406 g/mol. The molecule has 0 saturated heterocycles. The van der Waals surface area contributed by atoms with Crippen LogP contribution in [0.5, 0.6) is 11.5 Å². The van der Waals surface area contributed by atoms with Crippen LogP contribution < -0.4 is 10.5 Å². The molecule has 0 bridgehead atoms. The number of halogens is 3. The maximum absolute atomic E-state index is 6.09. The number of rotatable bonds is 3. The molecule has 5 heteroatoms. The zero-order valence-electron chi connectivity index (χ0n) is 10.2. The SMILES string of the molecule is CC(N)c1ccc(Oc2cc(Br)ccc2Cl)cc1Br. The molecule has 2 N–H and O–H groups in total. The highest BCUT2D eigenvalue weighted by molar-refractivity contribution is 9.10. The van der Waals surface area contributed by atoms with E-state index in [1.807, 2.05) is 37.3 Å². The minimum atomic E-state index is -0.0297. The first-order valence-corrected chi connectivity index (χ1v) is 7.61. The molecule has 0 heterocycles. The Morgan fingerprint density at radius 1 is 1.16 bits per heavy atom. The van der Waals surface area contributed by atoms with E-state index in [4.69, 9.17) is 22.1 Å². The highest BCUT2D eigenvalue weighted by Crippen LogP contribution is 2.34. The Bertz CT molecular complexity index is 602. The monoisotopic (exact) mass is 403 g/mol. The smallest absolute Gasteiger partial charge is 0.147 e. The second kappa shape index (κ2) is 6.27. The van der Waals surface area contributed by atoms with Crippen molar-refractivity contribution in [1.82, 2.24) is 0 Å². The minimum Gasteiger partial charge on any atom is -0.456 e. The van der Waals surface area contributed by atoms with Crippen LogP contribution in [0.4, 0.5) is 0 Å². The van der Waals surface area contributed by atoms with Crippen molar-refractivity contribution < 1.29 is 4.74 Å². The first-order valence-electron chi connectivity index (χ1n) is 5.65. The van der Waals surface area contributed by atoms with Crippen LogP contribution in [0, 0.1) is 0 Å². The second-order valence-electron chi connectivity index (χ2n) is 4.15. The number of hydrogen-bond donors (Lipinski definition) is 1. The maximum atomic E-state index is 6.09. The fraction of sp³-hybridized carbons (Fsp3) is 0.143. The lowest BCUT2D eigenvalue weighted by Gasteiger charge is -2.12. The molecule has 0 radical (unpaired) electrons. The molecule has 1 unspecified atom stereocenters. The third-order valence-electron chi connectivity index (χ3n) is 2.58. The van der Waals surface area contributed by atoms with E-state index in [2.05, 4.69) is 31.9 Å². The Labute approximate surface area is 134 Å². The molecule has 0 aromatic heterocycles. The molecule has 1 atom stereocenters. The van der Waals surface area contributed by atoms with Crippen molar-refractivity contribution in [1.29, 1.82) is 0 Å². The lowest BCUT2D eigenvalue weighted by atomic mass is 10.1. The van der Waals surface area contributed by atoms with E-state index in [0.717, 1.165) is 14.5 Å². The van der Waals surface area contributed by atoms with Gasteiger partial charge in [0.1, 0.15) is 11.5 Å². The van der Waals surface area contributed by atoms with Crippen molar-refractivity contribution >= 4 is 43.5 Å². The quantitative estimate of drug-likeness (QED) is 0.713. The molecule has 0 saturated carbocycles. The number of ether oxygens (including phenoxy) is 1. The Balaban J connectivity index is 2.29. The van der Waals surface area contributed by atoms with Crippen molar-refractivity contribution in [2.75, 3.05) is 0 Å². The summed E-state index contributed by atoms with van der Waals surface area (Å²) in [5, 5.41) is 0.565. The average Bonchev–Trinajstić information content (AvgIpc) is 2.33. The minimum absolute atomic E-state index is 0.0297. The van der Waals surface area contributed by atoms with Gasteiger partial charge in [-0.2, -0.15) is 0 Å². The van der Waals surface area contributed by atoms with Crippen molar-refractivity contribution in [3.05, 3.63) is 55.9 Å². The van der Waals surface area contributed by atoms with Gasteiger partial charge >= 0.3 is 0 Å². The molecule has 0 fully saturated rings. The Morgan fingerprint density at radius 2 is 1.89 bits per heavy atom. The van der Waals surface area contributed by atoms with Crippen LogP contribution in [0.3, 0.4) is 0 Å². The zero-order chi connectivity index (χ0) is 14.0. The number of hydrogen-bond acceptors (Lipinski definition) is 2. The Kier molecular flexibility index (Phi) is 4.90. The fourth-order valence-corrected chi connectivity index (χ4v) is 2.84. The normalized spacial score (nSPS) is 12.3. The van der Waals surface area contributed by atoms with Gasteiger partial charge in [0.25, 0.3) is 0 Å². The molecular weight excluding hydrogens is 393 g/mol. The molecule has 0 aliphatic rings. The third-order valence-corrected chi connectivity index (χ3v) is 4.08. The summed E-state index contributed by atoms with van der Waals surface area (Å²) < 4.78 is 7.61. The zero-order valence-corrected chi connectivity index (χ0v) is 14.1. The molecule has 19 heavy (non-hydrogen) atoms. The topological polar surface area (TPSA) is 35.2 Å². The largest absolute Gasteiger partial charge is 0.456 e. The number of benzene rings is 2. The van der Waals surface area contributed by atoms with Gasteiger partial charge in [-0.05, 0) is 42.8 Å². The predicted molar refractivity (Wildman–Crippen MR) is 86.0 cm³/mol. The summed E-state index contributed by atoms with van der Waals surface area (Å²) in [6, 6.07) is 11.1. The molecule has 100 valence electrons. The molecular formula is C14H12Br2ClNO. The van der Waals surface area contributed by atoms with E-state index in [1.165, 1.54) is 0 Å². The maximum Gasteiger partial charge on any atom is 0.147 e. The summed E-state index contributed by atoms with van der Waals surface area (Å²) in [5.41, 5.74) is 6.90. The van der Waals surface area contributed by atoms with Crippen molar-refractivity contribution in [2.24, 2.45) is 5.73 Å². The Morgan fingerprint density at radius 3 is 2.53 bits per heavy atom. The molecule has 0 spiro atoms. The second-order valence-corrected chi connectivity index (χ2v) is 6.33. The molecule has 2 nitrogen and oxygen atoms in total. The third kappa shape index (κ3) is 3.72. The highest BCUT2D eigenvalue weighted by Gasteiger charge is 2.08. The van der Waals surface area contributed by atoms with E-state index in [9.17, 15) is 0 Å². The van der Waals surface area contributed by atoms with E-state index in [1.54, 1.807) is 6.07 Å². The predicted octanol–water partition coefficient (Wildman–Crippen LogP) is 5.68. The fourth-order valence-electron chi connectivity index (χ4n) is 1.62. The lowest BCUT2D eigenvalue weighted by molar-refractivity contribution is 0.482. The van der Waals surface area contributed by atoms with Gasteiger partial charge in [0, 0.05) is 15.0 Å². The van der Waals surface area contributed by atoms with Gasteiger partial charge in [-0.1, -0.05) is 49.5 Å². The van der Waals surface area contributed by atoms with E-state index < -0.39 is 0 Å². The summed E-state index contributed by atoms with van der Waals surface area (Å²) in [5.74, 6) is 1.31. The van der Waals surface area contributed by atoms with Gasteiger partial charge in [0.2, 0.25) is 0 Å². The van der Waals surface area contributed by atoms with Crippen molar-refractivity contribution in [2.45, 2.75) is 13.0 Å². The summed E-state index contributed by atoms with van der Waals surface area (Å²) in [7, 11) is 0. The van der Waals surface area contributed by atoms with Gasteiger partial charge in [-0.15, -0.1) is 0 Å². The van der Waals surface area contributed by atoms with Crippen LogP contribution in [0.15, 0.2) is 45.3 Å². The first-order chi connectivity index (χ1) is 8.97. The highest BCUT2D eigenvalue weighted by atomic mass is 79.9. The van der Waals surface area contributed by atoms with E-state index in [0.29, 0.717) is 16.5 Å².